The number of benzene rings is 1. The van der Waals surface area contributed by atoms with Gasteiger partial charge in [-0.1, -0.05) is 17.7 Å². The van der Waals surface area contributed by atoms with Crippen LogP contribution in [0.4, 0.5) is 5.69 Å². The van der Waals surface area contributed by atoms with Crippen molar-refractivity contribution in [3.05, 3.63) is 58.9 Å². The van der Waals surface area contributed by atoms with E-state index in [0.29, 0.717) is 0 Å². The fourth-order valence-corrected chi connectivity index (χ4v) is 2.29. The van der Waals surface area contributed by atoms with Crippen LogP contribution in [-0.4, -0.2) is 4.98 Å². The molecular weight excluding hydrogens is 220 g/mol. The van der Waals surface area contributed by atoms with Gasteiger partial charge in [0.2, 0.25) is 0 Å². The zero-order valence-corrected chi connectivity index (χ0v) is 9.41. The molecule has 1 atom stereocenters. The average molecular weight is 231 g/mol. The van der Waals surface area contributed by atoms with Crippen LogP contribution in [0.25, 0.3) is 0 Å². The number of fused-ring (bicyclic) bond motifs is 1. The van der Waals surface area contributed by atoms with Crippen LogP contribution in [0.1, 0.15) is 17.3 Å². The average Bonchev–Trinajstić information content (AvgIpc) is 2.73. The Bertz CT molecular complexity index is 511. The Hall–Kier alpha value is -1.54. The standard InChI is InChI=1S/C13H11ClN2/c14-10-4-5-11-9(7-10)8-13(16-11)12-3-1-2-6-15-12/h1-7,13,16H,8H2. The fraction of sp³-hybridized carbons (Fsp3) is 0.154. The number of halogens is 1. The third kappa shape index (κ3) is 1.65. The number of aromatic nitrogens is 1. The van der Waals surface area contributed by atoms with Crippen LogP contribution in [-0.2, 0) is 6.42 Å². The van der Waals surface area contributed by atoms with Crippen molar-refractivity contribution in [3.63, 3.8) is 0 Å². The van der Waals surface area contributed by atoms with E-state index in [1.165, 1.54) is 11.3 Å². The Morgan fingerprint density at radius 1 is 1.25 bits per heavy atom. The van der Waals surface area contributed by atoms with Crippen molar-refractivity contribution in [3.8, 4) is 0 Å². The van der Waals surface area contributed by atoms with Crippen LogP contribution in [0.15, 0.2) is 42.6 Å². The Kier molecular flexibility index (Phi) is 2.29. The minimum atomic E-state index is 0.273. The Balaban J connectivity index is 1.91. The second kappa shape index (κ2) is 3.80. The van der Waals surface area contributed by atoms with Crippen LogP contribution in [0.2, 0.25) is 5.02 Å². The lowest BCUT2D eigenvalue weighted by Crippen LogP contribution is -2.07. The predicted molar refractivity (Wildman–Crippen MR) is 65.8 cm³/mol. The van der Waals surface area contributed by atoms with Gasteiger partial charge in [0.15, 0.2) is 0 Å². The van der Waals surface area contributed by atoms with Gasteiger partial charge in [0, 0.05) is 23.3 Å². The molecule has 1 N–H and O–H groups in total. The third-order valence-electron chi connectivity index (χ3n) is 2.87. The van der Waals surface area contributed by atoms with Gasteiger partial charge in [-0.25, -0.2) is 0 Å². The third-order valence-corrected chi connectivity index (χ3v) is 3.10. The van der Waals surface area contributed by atoms with Gasteiger partial charge in [0.25, 0.3) is 0 Å². The number of nitrogens with one attached hydrogen (secondary N) is 1. The Labute approximate surface area is 99.3 Å². The summed E-state index contributed by atoms with van der Waals surface area (Å²) < 4.78 is 0. The summed E-state index contributed by atoms with van der Waals surface area (Å²) in [5.41, 5.74) is 3.51. The molecule has 3 heteroatoms. The normalized spacial score (nSPS) is 17.9. The molecule has 0 fully saturated rings. The van der Waals surface area contributed by atoms with Crippen molar-refractivity contribution in [1.29, 1.82) is 0 Å². The number of pyridine rings is 1. The SMILES string of the molecule is Clc1ccc2c(c1)CC(c1ccccn1)N2. The number of hydrogen-bond acceptors (Lipinski definition) is 2. The summed E-state index contributed by atoms with van der Waals surface area (Å²) in [6.07, 6.45) is 2.78. The number of rotatable bonds is 1. The van der Waals surface area contributed by atoms with Crippen LogP contribution >= 0.6 is 11.6 Å². The summed E-state index contributed by atoms with van der Waals surface area (Å²) in [7, 11) is 0. The molecule has 1 aromatic heterocycles. The van der Waals surface area contributed by atoms with Crippen molar-refractivity contribution < 1.29 is 0 Å². The summed E-state index contributed by atoms with van der Waals surface area (Å²) in [5, 5.41) is 4.25. The second-order valence-electron chi connectivity index (χ2n) is 3.96. The van der Waals surface area contributed by atoms with Crippen LogP contribution in [0.3, 0.4) is 0 Å². The molecule has 0 saturated heterocycles. The van der Waals surface area contributed by atoms with E-state index in [0.717, 1.165) is 17.1 Å². The first-order chi connectivity index (χ1) is 7.83. The maximum Gasteiger partial charge on any atom is 0.0726 e. The van der Waals surface area contributed by atoms with Gasteiger partial charge in [-0.3, -0.25) is 4.98 Å². The number of hydrogen-bond donors (Lipinski definition) is 1. The van der Waals surface area contributed by atoms with Crippen LogP contribution in [0, 0.1) is 0 Å². The molecule has 2 heterocycles. The summed E-state index contributed by atoms with van der Waals surface area (Å²) in [6.45, 7) is 0. The first-order valence-electron chi connectivity index (χ1n) is 5.29. The topological polar surface area (TPSA) is 24.9 Å². The highest BCUT2D eigenvalue weighted by Crippen LogP contribution is 2.34. The molecule has 1 unspecified atom stereocenters. The molecule has 2 nitrogen and oxygen atoms in total. The van der Waals surface area contributed by atoms with Crippen molar-refractivity contribution >= 4 is 17.3 Å². The van der Waals surface area contributed by atoms with Crippen LogP contribution < -0.4 is 5.32 Å². The monoisotopic (exact) mass is 230 g/mol. The molecule has 0 radical (unpaired) electrons. The minimum absolute atomic E-state index is 0.273. The highest BCUT2D eigenvalue weighted by atomic mass is 35.5. The largest absolute Gasteiger partial charge is 0.376 e. The maximum atomic E-state index is 5.97. The van der Waals surface area contributed by atoms with E-state index in [1.54, 1.807) is 0 Å². The van der Waals surface area contributed by atoms with E-state index in [4.69, 9.17) is 11.6 Å². The van der Waals surface area contributed by atoms with Gasteiger partial charge in [0.05, 0.1) is 11.7 Å². The quantitative estimate of drug-likeness (QED) is 0.812. The highest BCUT2D eigenvalue weighted by molar-refractivity contribution is 6.30. The van der Waals surface area contributed by atoms with Crippen molar-refractivity contribution in [2.45, 2.75) is 12.5 Å². The summed E-state index contributed by atoms with van der Waals surface area (Å²) >= 11 is 5.97. The molecule has 0 saturated carbocycles. The Morgan fingerprint density at radius 2 is 2.19 bits per heavy atom. The molecule has 0 spiro atoms. The molecule has 16 heavy (non-hydrogen) atoms. The van der Waals surface area contributed by atoms with Gasteiger partial charge in [0.1, 0.15) is 0 Å². The molecule has 0 bridgehead atoms. The first kappa shape index (κ1) is 9.67. The van der Waals surface area contributed by atoms with Gasteiger partial charge in [-0.05, 0) is 35.9 Å². The minimum Gasteiger partial charge on any atom is -0.376 e. The second-order valence-corrected chi connectivity index (χ2v) is 4.39. The van der Waals surface area contributed by atoms with Gasteiger partial charge >= 0.3 is 0 Å². The molecule has 1 aliphatic heterocycles. The predicted octanol–water partition coefficient (Wildman–Crippen LogP) is 3.44. The molecule has 0 amide bonds. The summed E-state index contributed by atoms with van der Waals surface area (Å²) in [4.78, 5) is 4.37. The summed E-state index contributed by atoms with van der Waals surface area (Å²) in [5.74, 6) is 0. The van der Waals surface area contributed by atoms with Gasteiger partial charge in [-0.2, -0.15) is 0 Å². The van der Waals surface area contributed by atoms with Crippen molar-refractivity contribution in [1.82, 2.24) is 4.98 Å². The zero-order valence-electron chi connectivity index (χ0n) is 8.65. The molecule has 1 aromatic carbocycles. The van der Waals surface area contributed by atoms with E-state index in [9.17, 15) is 0 Å². The van der Waals surface area contributed by atoms with E-state index in [2.05, 4.69) is 10.3 Å². The molecule has 0 aliphatic carbocycles. The van der Waals surface area contributed by atoms with Crippen molar-refractivity contribution in [2.24, 2.45) is 0 Å². The van der Waals surface area contributed by atoms with Crippen molar-refractivity contribution in [2.75, 3.05) is 5.32 Å². The fourth-order valence-electron chi connectivity index (χ4n) is 2.09. The van der Waals surface area contributed by atoms with E-state index >= 15 is 0 Å². The lowest BCUT2D eigenvalue weighted by molar-refractivity contribution is 0.788. The van der Waals surface area contributed by atoms with E-state index in [1.807, 2.05) is 42.6 Å². The van der Waals surface area contributed by atoms with Gasteiger partial charge in [-0.15, -0.1) is 0 Å². The lowest BCUT2D eigenvalue weighted by atomic mass is 10.1. The summed E-state index contributed by atoms with van der Waals surface area (Å²) in [6, 6.07) is 12.2. The van der Waals surface area contributed by atoms with E-state index in [-0.39, 0.29) is 6.04 Å². The first-order valence-corrected chi connectivity index (χ1v) is 5.66. The maximum absolute atomic E-state index is 5.97. The Morgan fingerprint density at radius 3 is 3.00 bits per heavy atom. The smallest absolute Gasteiger partial charge is 0.0726 e. The molecule has 2 aromatic rings. The zero-order chi connectivity index (χ0) is 11.0. The molecular formula is C13H11ClN2. The number of anilines is 1. The highest BCUT2D eigenvalue weighted by Gasteiger charge is 2.22. The number of nitrogens with zero attached hydrogens (tertiary/aromatic N) is 1. The van der Waals surface area contributed by atoms with E-state index < -0.39 is 0 Å². The molecule has 3 rings (SSSR count). The molecule has 1 aliphatic rings. The molecule has 80 valence electrons. The van der Waals surface area contributed by atoms with Gasteiger partial charge < -0.3 is 5.32 Å². The lowest BCUT2D eigenvalue weighted by Gasteiger charge is -2.09. The van der Waals surface area contributed by atoms with Crippen LogP contribution in [0.5, 0.6) is 0 Å².